The Kier molecular flexibility index (Phi) is 4.05. The van der Waals surface area contributed by atoms with Crippen LogP contribution in [-0.2, 0) is 26.3 Å². The second-order valence-corrected chi connectivity index (χ2v) is 7.26. The summed E-state index contributed by atoms with van der Waals surface area (Å²) >= 11 is 11.9. The maximum Gasteiger partial charge on any atom is 0.261 e. The van der Waals surface area contributed by atoms with Gasteiger partial charge in [-0.2, -0.15) is 0 Å². The molecule has 2 aromatic carbocycles. The fraction of sp³-hybridized carbons (Fsp3) is 0.158. The zero-order valence-electron chi connectivity index (χ0n) is 13.8. The Hall–Kier alpha value is -2.70. The van der Waals surface area contributed by atoms with Crippen LogP contribution in [0.2, 0.25) is 10.0 Å². The van der Waals surface area contributed by atoms with E-state index in [1.165, 1.54) is 0 Å². The van der Waals surface area contributed by atoms with Crippen molar-refractivity contribution in [3.05, 3.63) is 69.2 Å². The van der Waals surface area contributed by atoms with Gasteiger partial charge in [-0.15, -0.1) is 0 Å². The Morgan fingerprint density at radius 1 is 1.00 bits per heavy atom. The predicted octanol–water partition coefficient (Wildman–Crippen LogP) is 2.46. The number of rotatable bonds is 2. The largest absolute Gasteiger partial charge is 0.295 e. The van der Waals surface area contributed by atoms with E-state index in [0.29, 0.717) is 10.6 Å². The first-order valence-corrected chi connectivity index (χ1v) is 8.84. The molecule has 136 valence electrons. The lowest BCUT2D eigenvalue weighted by Crippen LogP contribution is -2.57. The van der Waals surface area contributed by atoms with Crippen LogP contribution in [-0.4, -0.2) is 28.5 Å². The molecule has 0 aromatic heterocycles. The maximum absolute atomic E-state index is 13.3. The van der Waals surface area contributed by atoms with Crippen molar-refractivity contribution in [3.63, 3.8) is 0 Å². The van der Waals surface area contributed by atoms with Crippen molar-refractivity contribution < 1.29 is 19.2 Å². The van der Waals surface area contributed by atoms with Crippen LogP contribution in [0.25, 0.3) is 0 Å². The van der Waals surface area contributed by atoms with E-state index in [2.05, 4.69) is 5.32 Å². The SMILES string of the molecule is O=C1CC2(C(=O)N1)C(=O)N(Cc1ccc(Cl)c(Cl)c1)C(=O)c1ccccc12. The highest BCUT2D eigenvalue weighted by Gasteiger charge is 2.60. The first-order valence-electron chi connectivity index (χ1n) is 8.08. The molecule has 2 aliphatic heterocycles. The third-order valence-electron chi connectivity index (χ3n) is 4.86. The number of nitrogens with zero attached hydrogens (tertiary/aromatic N) is 1. The van der Waals surface area contributed by atoms with Gasteiger partial charge in [-0.3, -0.25) is 29.4 Å². The molecule has 2 aromatic rings. The number of imide groups is 2. The minimum atomic E-state index is -1.72. The molecule has 0 saturated carbocycles. The van der Waals surface area contributed by atoms with E-state index in [-0.39, 0.29) is 29.1 Å². The fourth-order valence-corrected chi connectivity index (χ4v) is 3.90. The van der Waals surface area contributed by atoms with Crippen molar-refractivity contribution in [1.29, 1.82) is 0 Å². The topological polar surface area (TPSA) is 83.6 Å². The zero-order chi connectivity index (χ0) is 19.3. The average molecular weight is 403 g/mol. The van der Waals surface area contributed by atoms with Gasteiger partial charge in [-0.05, 0) is 29.3 Å². The van der Waals surface area contributed by atoms with Crippen LogP contribution < -0.4 is 5.32 Å². The van der Waals surface area contributed by atoms with E-state index >= 15 is 0 Å². The summed E-state index contributed by atoms with van der Waals surface area (Å²) < 4.78 is 0. The minimum Gasteiger partial charge on any atom is -0.295 e. The van der Waals surface area contributed by atoms with E-state index in [1.54, 1.807) is 42.5 Å². The number of hydrogen-bond acceptors (Lipinski definition) is 4. The van der Waals surface area contributed by atoms with Crippen molar-refractivity contribution in [2.75, 3.05) is 0 Å². The Labute approximate surface area is 164 Å². The van der Waals surface area contributed by atoms with Crippen molar-refractivity contribution in [1.82, 2.24) is 10.2 Å². The Balaban J connectivity index is 1.84. The number of halogens is 2. The number of nitrogens with one attached hydrogen (secondary N) is 1. The van der Waals surface area contributed by atoms with E-state index in [1.807, 2.05) is 0 Å². The van der Waals surface area contributed by atoms with Gasteiger partial charge in [-0.1, -0.05) is 47.5 Å². The Morgan fingerprint density at radius 3 is 2.41 bits per heavy atom. The number of amides is 4. The van der Waals surface area contributed by atoms with Crippen LogP contribution in [0, 0.1) is 0 Å². The molecule has 1 saturated heterocycles. The van der Waals surface area contributed by atoms with E-state index in [9.17, 15) is 19.2 Å². The van der Waals surface area contributed by atoms with Crippen LogP contribution in [0.3, 0.4) is 0 Å². The molecule has 0 radical (unpaired) electrons. The molecule has 27 heavy (non-hydrogen) atoms. The maximum atomic E-state index is 13.3. The second-order valence-electron chi connectivity index (χ2n) is 6.45. The standard InChI is InChI=1S/C19H12Cl2N2O4/c20-13-6-5-10(7-14(13)21)9-23-16(25)11-3-1-2-4-12(11)19(18(23)27)8-15(24)22-17(19)26/h1-7H,8-9H2,(H,22,24,26). The van der Waals surface area contributed by atoms with Crippen LogP contribution in [0.15, 0.2) is 42.5 Å². The third kappa shape index (κ3) is 2.56. The van der Waals surface area contributed by atoms with Gasteiger partial charge in [0.05, 0.1) is 23.0 Å². The molecule has 1 atom stereocenters. The van der Waals surface area contributed by atoms with Crippen molar-refractivity contribution in [3.8, 4) is 0 Å². The summed E-state index contributed by atoms with van der Waals surface area (Å²) in [6.07, 6.45) is -0.327. The second kappa shape index (κ2) is 6.18. The van der Waals surface area contributed by atoms with Crippen molar-refractivity contribution >= 4 is 46.8 Å². The van der Waals surface area contributed by atoms with E-state index in [0.717, 1.165) is 4.90 Å². The summed E-state index contributed by atoms with van der Waals surface area (Å²) in [4.78, 5) is 51.7. The van der Waals surface area contributed by atoms with Gasteiger partial charge in [0.1, 0.15) is 0 Å². The summed E-state index contributed by atoms with van der Waals surface area (Å²) in [5.41, 5.74) is -0.668. The third-order valence-corrected chi connectivity index (χ3v) is 5.60. The quantitative estimate of drug-likeness (QED) is 0.617. The van der Waals surface area contributed by atoms with Gasteiger partial charge >= 0.3 is 0 Å². The number of fused-ring (bicyclic) bond motifs is 2. The molecule has 2 aliphatic rings. The van der Waals surface area contributed by atoms with Crippen molar-refractivity contribution in [2.24, 2.45) is 0 Å². The lowest BCUT2D eigenvalue weighted by atomic mass is 9.72. The molecule has 4 rings (SSSR count). The van der Waals surface area contributed by atoms with Gasteiger partial charge < -0.3 is 0 Å². The zero-order valence-corrected chi connectivity index (χ0v) is 15.3. The Bertz CT molecular complexity index is 1040. The van der Waals surface area contributed by atoms with Gasteiger partial charge in [0.25, 0.3) is 11.8 Å². The summed E-state index contributed by atoms with van der Waals surface area (Å²) in [5.74, 6) is -2.51. The minimum absolute atomic E-state index is 0.0912. The summed E-state index contributed by atoms with van der Waals surface area (Å²) in [5, 5.41) is 2.82. The Morgan fingerprint density at radius 2 is 1.74 bits per heavy atom. The first-order chi connectivity index (χ1) is 12.8. The number of carbonyl (C=O) groups excluding carboxylic acids is 4. The first kappa shape index (κ1) is 17.7. The van der Waals surface area contributed by atoms with Gasteiger partial charge in [0, 0.05) is 5.56 Å². The highest BCUT2D eigenvalue weighted by molar-refractivity contribution is 6.42. The summed E-state index contributed by atoms with van der Waals surface area (Å²) in [7, 11) is 0. The average Bonchev–Trinajstić information content (AvgIpc) is 2.95. The normalized spacial score (nSPS) is 21.6. The van der Waals surface area contributed by atoms with Gasteiger partial charge in [0.2, 0.25) is 11.8 Å². The summed E-state index contributed by atoms with van der Waals surface area (Å²) in [6, 6.07) is 11.1. The fourth-order valence-electron chi connectivity index (χ4n) is 3.58. The molecule has 4 amide bonds. The van der Waals surface area contributed by atoms with Gasteiger partial charge in [-0.25, -0.2) is 0 Å². The number of hydrogen-bond donors (Lipinski definition) is 1. The lowest BCUT2D eigenvalue weighted by molar-refractivity contribution is -0.142. The molecular weight excluding hydrogens is 391 g/mol. The smallest absolute Gasteiger partial charge is 0.261 e. The van der Waals surface area contributed by atoms with Crippen LogP contribution in [0.4, 0.5) is 0 Å². The van der Waals surface area contributed by atoms with Crippen LogP contribution >= 0.6 is 23.2 Å². The molecule has 1 N–H and O–H groups in total. The summed E-state index contributed by atoms with van der Waals surface area (Å²) in [6.45, 7) is -0.0912. The van der Waals surface area contributed by atoms with E-state index in [4.69, 9.17) is 23.2 Å². The monoisotopic (exact) mass is 402 g/mol. The molecule has 0 bridgehead atoms. The molecule has 1 fully saturated rings. The highest BCUT2D eigenvalue weighted by atomic mass is 35.5. The molecule has 8 heteroatoms. The molecule has 1 unspecified atom stereocenters. The van der Waals surface area contributed by atoms with E-state index < -0.39 is 29.0 Å². The lowest BCUT2D eigenvalue weighted by Gasteiger charge is -2.37. The van der Waals surface area contributed by atoms with Gasteiger partial charge in [0.15, 0.2) is 5.41 Å². The predicted molar refractivity (Wildman–Crippen MR) is 97.2 cm³/mol. The molecule has 1 spiro atoms. The van der Waals surface area contributed by atoms with Crippen LogP contribution in [0.5, 0.6) is 0 Å². The molecule has 2 heterocycles. The van der Waals surface area contributed by atoms with Crippen LogP contribution in [0.1, 0.15) is 27.9 Å². The number of benzene rings is 2. The highest BCUT2D eigenvalue weighted by Crippen LogP contribution is 2.41. The van der Waals surface area contributed by atoms with Crippen molar-refractivity contribution in [2.45, 2.75) is 18.4 Å². The molecule has 6 nitrogen and oxygen atoms in total. The molecule has 0 aliphatic carbocycles. The molecular formula is C19H12Cl2N2O4. The number of carbonyl (C=O) groups is 4.